The number of unbranched alkanes of at least 4 members (excludes halogenated alkanes) is 1. The molecule has 0 nitrogen and oxygen atoms in total. The Balaban J connectivity index is 1.31. The Morgan fingerprint density at radius 2 is 1.71 bits per heavy atom. The van der Waals surface area contributed by atoms with Gasteiger partial charge < -0.3 is 0 Å². The van der Waals surface area contributed by atoms with Gasteiger partial charge in [0.1, 0.15) is 0 Å². The average Bonchev–Trinajstić information content (AvgIpc) is 2.75. The predicted octanol–water partition coefficient (Wildman–Crippen LogP) is 7.93. The average molecular weight is 379 g/mol. The molecule has 0 N–H and O–H groups in total. The van der Waals surface area contributed by atoms with Gasteiger partial charge in [-0.05, 0) is 123 Å². The summed E-state index contributed by atoms with van der Waals surface area (Å²) in [6, 6.07) is 7.46. The molecular weight excluding hydrogens is 336 g/mol. The van der Waals surface area contributed by atoms with E-state index >= 15 is 0 Å². The van der Waals surface area contributed by atoms with Crippen LogP contribution < -0.4 is 0 Å². The van der Waals surface area contributed by atoms with Crippen molar-refractivity contribution in [1.29, 1.82) is 0 Å². The number of rotatable bonds is 7. The molecule has 0 amide bonds. The van der Waals surface area contributed by atoms with Crippen molar-refractivity contribution in [1.82, 2.24) is 0 Å². The highest BCUT2D eigenvalue weighted by Crippen LogP contribution is 2.49. The normalized spacial score (nSPS) is 32.4. The minimum atomic E-state index is 0.966. The van der Waals surface area contributed by atoms with Crippen LogP contribution in [0.4, 0.5) is 0 Å². The number of hydrogen-bond donors (Lipinski definition) is 0. The van der Waals surface area contributed by atoms with Gasteiger partial charge in [0.05, 0.1) is 0 Å². The lowest BCUT2D eigenvalue weighted by Crippen LogP contribution is -2.35. The van der Waals surface area contributed by atoms with Gasteiger partial charge in [-0.1, -0.05) is 44.0 Å². The monoisotopic (exact) mass is 378 g/mol. The number of aryl methyl sites for hydroxylation is 2. The van der Waals surface area contributed by atoms with Crippen molar-refractivity contribution in [3.8, 4) is 0 Å². The zero-order valence-electron chi connectivity index (χ0n) is 18.3. The maximum Gasteiger partial charge on any atom is -0.0245 e. The van der Waals surface area contributed by atoms with Crippen molar-refractivity contribution >= 4 is 0 Å². The summed E-state index contributed by atoms with van der Waals surface area (Å²) >= 11 is 0. The molecule has 0 heterocycles. The van der Waals surface area contributed by atoms with Gasteiger partial charge in [0, 0.05) is 0 Å². The van der Waals surface area contributed by atoms with Gasteiger partial charge in [0.15, 0.2) is 0 Å². The molecular formula is C28H42. The largest absolute Gasteiger partial charge is 0.103 e. The van der Waals surface area contributed by atoms with Crippen molar-refractivity contribution in [2.24, 2.45) is 29.6 Å². The van der Waals surface area contributed by atoms with Gasteiger partial charge in [0.25, 0.3) is 0 Å². The molecule has 3 aliphatic rings. The molecule has 2 fully saturated rings. The Kier molecular flexibility index (Phi) is 6.97. The van der Waals surface area contributed by atoms with Gasteiger partial charge >= 0.3 is 0 Å². The highest BCUT2D eigenvalue weighted by molar-refractivity contribution is 5.34. The number of allylic oxidation sites excluding steroid dienone is 1. The van der Waals surface area contributed by atoms with E-state index in [4.69, 9.17) is 0 Å². The van der Waals surface area contributed by atoms with Crippen molar-refractivity contribution in [2.75, 3.05) is 0 Å². The van der Waals surface area contributed by atoms with Crippen LogP contribution in [-0.2, 0) is 19.3 Å². The van der Waals surface area contributed by atoms with Crippen LogP contribution in [-0.4, -0.2) is 0 Å². The Labute approximate surface area is 174 Å². The van der Waals surface area contributed by atoms with E-state index in [-0.39, 0.29) is 0 Å². The summed E-state index contributed by atoms with van der Waals surface area (Å²) in [7, 11) is 0. The number of benzene rings is 1. The molecule has 0 saturated heterocycles. The lowest BCUT2D eigenvalue weighted by atomic mass is 9.61. The van der Waals surface area contributed by atoms with E-state index in [1.54, 1.807) is 23.1 Å². The van der Waals surface area contributed by atoms with Crippen LogP contribution in [0.25, 0.3) is 0 Å². The first kappa shape index (κ1) is 20.2. The van der Waals surface area contributed by atoms with Crippen molar-refractivity contribution in [3.05, 3.63) is 47.5 Å². The molecule has 4 rings (SSSR count). The van der Waals surface area contributed by atoms with E-state index in [1.165, 1.54) is 83.5 Å². The van der Waals surface area contributed by atoms with Crippen LogP contribution in [0.1, 0.15) is 94.2 Å². The highest BCUT2D eigenvalue weighted by atomic mass is 14.4. The minimum absolute atomic E-state index is 0.966. The first-order chi connectivity index (χ1) is 13.8. The first-order valence-electron chi connectivity index (χ1n) is 12.5. The van der Waals surface area contributed by atoms with Gasteiger partial charge in [-0.25, -0.2) is 0 Å². The molecule has 0 aliphatic heterocycles. The van der Waals surface area contributed by atoms with E-state index in [1.807, 2.05) is 0 Å². The second-order valence-electron chi connectivity index (χ2n) is 10.3. The maximum atomic E-state index is 3.92. The molecule has 0 aromatic heterocycles. The second-order valence-corrected chi connectivity index (χ2v) is 10.3. The topological polar surface area (TPSA) is 0 Å². The van der Waals surface area contributed by atoms with Crippen LogP contribution in [0.5, 0.6) is 0 Å². The Morgan fingerprint density at radius 3 is 2.54 bits per heavy atom. The molecule has 0 spiro atoms. The summed E-state index contributed by atoms with van der Waals surface area (Å²) in [5, 5.41) is 0. The number of fused-ring (bicyclic) bond motifs is 2. The van der Waals surface area contributed by atoms with Crippen molar-refractivity contribution < 1.29 is 0 Å². The van der Waals surface area contributed by atoms with Gasteiger partial charge in [-0.2, -0.15) is 0 Å². The zero-order valence-corrected chi connectivity index (χ0v) is 18.3. The standard InChI is InChI=1S/C28H42/c1-3-5-7-21-9-11-25-19-27(15-13-23(25)17-21)28-16-14-24-18-22(8-6-4-2)10-12-26(24)20-28/h3,10,12,18,21,23,25,27-28H,1,4-9,11,13-17,19-20H2,2H3/t21-,23?,25-,27?,28?/m1/s1. The Morgan fingerprint density at radius 1 is 0.929 bits per heavy atom. The van der Waals surface area contributed by atoms with E-state index in [0.29, 0.717) is 0 Å². The summed E-state index contributed by atoms with van der Waals surface area (Å²) in [5.74, 6) is 5.08. The molecule has 1 aromatic carbocycles. The molecule has 0 radical (unpaired) electrons. The zero-order chi connectivity index (χ0) is 19.3. The van der Waals surface area contributed by atoms with Crippen LogP contribution in [0.3, 0.4) is 0 Å². The number of hydrogen-bond acceptors (Lipinski definition) is 0. The molecule has 154 valence electrons. The lowest BCUT2D eigenvalue weighted by molar-refractivity contribution is 0.0699. The minimum Gasteiger partial charge on any atom is -0.103 e. The first-order valence-corrected chi connectivity index (χ1v) is 12.5. The summed E-state index contributed by atoms with van der Waals surface area (Å²) in [4.78, 5) is 0. The van der Waals surface area contributed by atoms with E-state index in [0.717, 1.165) is 29.6 Å². The quantitative estimate of drug-likeness (QED) is 0.422. The molecule has 1 aromatic rings. The fourth-order valence-corrected chi connectivity index (χ4v) is 6.84. The summed E-state index contributed by atoms with van der Waals surface area (Å²) in [6.45, 7) is 6.22. The fraction of sp³-hybridized carbons (Fsp3) is 0.714. The van der Waals surface area contributed by atoms with Crippen molar-refractivity contribution in [3.63, 3.8) is 0 Å². The predicted molar refractivity (Wildman–Crippen MR) is 122 cm³/mol. The Hall–Kier alpha value is -1.04. The smallest absolute Gasteiger partial charge is 0.0245 e. The molecule has 5 atom stereocenters. The molecule has 3 unspecified atom stereocenters. The fourth-order valence-electron chi connectivity index (χ4n) is 6.84. The lowest BCUT2D eigenvalue weighted by Gasteiger charge is -2.45. The summed E-state index contributed by atoms with van der Waals surface area (Å²) in [6.07, 6.45) is 22.0. The van der Waals surface area contributed by atoms with Crippen LogP contribution in [0.15, 0.2) is 30.9 Å². The third-order valence-electron chi connectivity index (χ3n) is 8.56. The Bertz CT molecular complexity index is 641. The SMILES string of the molecule is C=CCC[C@@H]1CC[C@@H]2CC(C3CCc4cc(CCCC)ccc4C3)CCC2C1. The van der Waals surface area contributed by atoms with E-state index in [9.17, 15) is 0 Å². The van der Waals surface area contributed by atoms with E-state index in [2.05, 4.69) is 37.8 Å². The third-order valence-corrected chi connectivity index (χ3v) is 8.56. The van der Waals surface area contributed by atoms with Crippen molar-refractivity contribution in [2.45, 2.75) is 96.8 Å². The molecule has 0 bridgehead atoms. The van der Waals surface area contributed by atoms with Gasteiger partial charge in [-0.3, -0.25) is 0 Å². The third kappa shape index (κ3) is 4.74. The van der Waals surface area contributed by atoms with Gasteiger partial charge in [-0.15, -0.1) is 6.58 Å². The van der Waals surface area contributed by atoms with Crippen LogP contribution in [0, 0.1) is 29.6 Å². The van der Waals surface area contributed by atoms with Crippen LogP contribution >= 0.6 is 0 Å². The molecule has 2 saturated carbocycles. The van der Waals surface area contributed by atoms with Crippen LogP contribution in [0.2, 0.25) is 0 Å². The summed E-state index contributed by atoms with van der Waals surface area (Å²) in [5.41, 5.74) is 4.95. The van der Waals surface area contributed by atoms with Gasteiger partial charge in [0.2, 0.25) is 0 Å². The second kappa shape index (κ2) is 9.64. The maximum absolute atomic E-state index is 3.92. The summed E-state index contributed by atoms with van der Waals surface area (Å²) < 4.78 is 0. The molecule has 0 heteroatoms. The highest BCUT2D eigenvalue weighted by Gasteiger charge is 2.38. The molecule has 3 aliphatic carbocycles. The molecule has 28 heavy (non-hydrogen) atoms. The van der Waals surface area contributed by atoms with E-state index < -0.39 is 0 Å².